The first-order valence-corrected chi connectivity index (χ1v) is 6.98. The number of ether oxygens (including phenoxy) is 1. The van der Waals surface area contributed by atoms with Crippen LogP contribution in [0.15, 0.2) is 24.3 Å². The number of hydrogen-bond donors (Lipinski definition) is 1. The third kappa shape index (κ3) is 4.09. The molecule has 0 aromatic heterocycles. The maximum atomic E-state index is 12.0. The molecule has 0 bridgehead atoms. The molecule has 2 rings (SSSR count). The van der Waals surface area contributed by atoms with Gasteiger partial charge < -0.3 is 15.0 Å². The maximum absolute atomic E-state index is 12.0. The zero-order valence-corrected chi connectivity index (χ0v) is 11.7. The van der Waals surface area contributed by atoms with Crippen molar-refractivity contribution in [2.75, 3.05) is 31.7 Å². The van der Waals surface area contributed by atoms with Gasteiger partial charge in [0.05, 0.1) is 11.3 Å². The number of carbonyl (C=O) groups excluding carboxylic acids is 1. The van der Waals surface area contributed by atoms with Gasteiger partial charge in [-0.05, 0) is 25.0 Å². The first-order chi connectivity index (χ1) is 10.2. The van der Waals surface area contributed by atoms with Crippen molar-refractivity contribution in [3.8, 4) is 6.07 Å². The summed E-state index contributed by atoms with van der Waals surface area (Å²) in [6.07, 6.45) is 1.08. The van der Waals surface area contributed by atoms with E-state index in [1.54, 1.807) is 11.0 Å². The molecule has 1 amide bonds. The minimum Gasteiger partial charge on any atom is -0.447 e. The fraction of sp³-hybridized carbons (Fsp3) is 0.467. The van der Waals surface area contributed by atoms with E-state index >= 15 is 0 Å². The van der Waals surface area contributed by atoms with E-state index in [0.717, 1.165) is 18.5 Å². The molecular formula is C15H18FN3O2. The van der Waals surface area contributed by atoms with E-state index in [1.807, 2.05) is 18.2 Å². The smallest absolute Gasteiger partial charge is 0.409 e. The van der Waals surface area contributed by atoms with Crippen LogP contribution in [-0.4, -0.2) is 43.4 Å². The zero-order valence-electron chi connectivity index (χ0n) is 11.7. The maximum Gasteiger partial charge on any atom is 0.409 e. The topological polar surface area (TPSA) is 65.4 Å². The molecule has 1 aromatic rings. The average Bonchev–Trinajstić information content (AvgIpc) is 2.54. The van der Waals surface area contributed by atoms with Crippen LogP contribution in [0.5, 0.6) is 0 Å². The summed E-state index contributed by atoms with van der Waals surface area (Å²) < 4.78 is 16.7. The van der Waals surface area contributed by atoms with E-state index in [4.69, 9.17) is 10.00 Å². The quantitative estimate of drug-likeness (QED) is 0.926. The molecule has 6 heteroatoms. The van der Waals surface area contributed by atoms with Crippen molar-refractivity contribution in [1.29, 1.82) is 5.26 Å². The minimum atomic E-state index is -0.658. The molecule has 0 saturated carbocycles. The molecule has 1 aromatic carbocycles. The lowest BCUT2D eigenvalue weighted by Crippen LogP contribution is -2.42. The molecule has 0 spiro atoms. The van der Waals surface area contributed by atoms with Gasteiger partial charge in [0.25, 0.3) is 0 Å². The van der Waals surface area contributed by atoms with Gasteiger partial charge >= 0.3 is 6.09 Å². The number of anilines is 1. The van der Waals surface area contributed by atoms with Crippen molar-refractivity contribution in [2.24, 2.45) is 0 Å². The van der Waals surface area contributed by atoms with Crippen LogP contribution in [0.3, 0.4) is 0 Å². The predicted octanol–water partition coefficient (Wildman–Crippen LogP) is 2.54. The minimum absolute atomic E-state index is 0.188. The Morgan fingerprint density at radius 2 is 2.14 bits per heavy atom. The number of hydrogen-bond acceptors (Lipinski definition) is 4. The number of para-hydroxylation sites is 1. The Morgan fingerprint density at radius 1 is 1.43 bits per heavy atom. The first-order valence-electron chi connectivity index (χ1n) is 6.98. The van der Waals surface area contributed by atoms with Gasteiger partial charge in [0.2, 0.25) is 0 Å². The summed E-state index contributed by atoms with van der Waals surface area (Å²) in [7, 11) is 0. The number of likely N-dealkylation sites (tertiary alicyclic amines) is 1. The number of piperidine rings is 1. The van der Waals surface area contributed by atoms with Gasteiger partial charge in [0.1, 0.15) is 19.4 Å². The SMILES string of the molecule is N#Cc1ccccc1NC1CCN(C(=O)OCCF)CC1. The number of rotatable bonds is 4. The number of nitrogens with one attached hydrogen (secondary N) is 1. The number of nitrogens with zero attached hydrogens (tertiary/aromatic N) is 2. The van der Waals surface area contributed by atoms with Crippen LogP contribution in [0.1, 0.15) is 18.4 Å². The predicted molar refractivity (Wildman–Crippen MR) is 76.7 cm³/mol. The average molecular weight is 291 g/mol. The van der Waals surface area contributed by atoms with Crippen molar-refractivity contribution in [3.63, 3.8) is 0 Å². The van der Waals surface area contributed by atoms with Gasteiger partial charge in [-0.1, -0.05) is 12.1 Å². The summed E-state index contributed by atoms with van der Waals surface area (Å²) in [5, 5.41) is 12.4. The Labute approximate surface area is 123 Å². The number of benzene rings is 1. The lowest BCUT2D eigenvalue weighted by atomic mass is 10.0. The van der Waals surface area contributed by atoms with Gasteiger partial charge in [-0.3, -0.25) is 0 Å². The summed E-state index contributed by atoms with van der Waals surface area (Å²) in [4.78, 5) is 13.2. The second-order valence-corrected chi connectivity index (χ2v) is 4.87. The number of halogens is 1. The normalized spacial score (nSPS) is 15.3. The van der Waals surface area contributed by atoms with E-state index in [1.165, 1.54) is 0 Å². The van der Waals surface area contributed by atoms with Gasteiger partial charge in [-0.2, -0.15) is 5.26 Å². The highest BCUT2D eigenvalue weighted by Crippen LogP contribution is 2.20. The van der Waals surface area contributed by atoms with E-state index in [2.05, 4.69) is 11.4 Å². The molecule has 1 fully saturated rings. The van der Waals surface area contributed by atoms with E-state index < -0.39 is 12.8 Å². The highest BCUT2D eigenvalue weighted by molar-refractivity contribution is 5.67. The Morgan fingerprint density at radius 3 is 2.81 bits per heavy atom. The summed E-state index contributed by atoms with van der Waals surface area (Å²) in [6.45, 7) is 0.288. The van der Waals surface area contributed by atoms with Gasteiger partial charge in [-0.25, -0.2) is 9.18 Å². The van der Waals surface area contributed by atoms with Gasteiger partial charge in [0.15, 0.2) is 0 Å². The Hall–Kier alpha value is -2.29. The molecule has 5 nitrogen and oxygen atoms in total. The molecule has 1 heterocycles. The molecule has 21 heavy (non-hydrogen) atoms. The molecule has 0 radical (unpaired) electrons. The van der Waals surface area contributed by atoms with Crippen LogP contribution in [-0.2, 0) is 4.74 Å². The van der Waals surface area contributed by atoms with E-state index in [9.17, 15) is 9.18 Å². The van der Waals surface area contributed by atoms with Crippen molar-refractivity contribution < 1.29 is 13.9 Å². The fourth-order valence-electron chi connectivity index (χ4n) is 2.35. The third-order valence-electron chi connectivity index (χ3n) is 3.46. The molecule has 0 atom stereocenters. The highest BCUT2D eigenvalue weighted by atomic mass is 19.1. The summed E-state index contributed by atoms with van der Waals surface area (Å²) in [5.41, 5.74) is 1.43. The zero-order chi connectivity index (χ0) is 15.1. The lowest BCUT2D eigenvalue weighted by Gasteiger charge is -2.32. The Balaban J connectivity index is 1.84. The third-order valence-corrected chi connectivity index (χ3v) is 3.46. The number of nitriles is 1. The van der Waals surface area contributed by atoms with Crippen molar-refractivity contribution in [2.45, 2.75) is 18.9 Å². The fourth-order valence-corrected chi connectivity index (χ4v) is 2.35. The standard InChI is InChI=1S/C15H18FN3O2/c16-7-10-21-15(20)19-8-5-13(6-9-19)18-14-4-2-1-3-12(14)11-17/h1-4,13,18H,5-10H2. The molecule has 112 valence electrons. The number of amides is 1. The van der Waals surface area contributed by atoms with Crippen LogP contribution in [0.25, 0.3) is 0 Å². The van der Waals surface area contributed by atoms with Crippen LogP contribution in [0.2, 0.25) is 0 Å². The summed E-state index contributed by atoms with van der Waals surface area (Å²) >= 11 is 0. The van der Waals surface area contributed by atoms with Crippen molar-refractivity contribution in [3.05, 3.63) is 29.8 Å². The van der Waals surface area contributed by atoms with Crippen LogP contribution >= 0.6 is 0 Å². The van der Waals surface area contributed by atoms with Crippen molar-refractivity contribution in [1.82, 2.24) is 4.90 Å². The number of alkyl halides is 1. The summed E-state index contributed by atoms with van der Waals surface area (Å²) in [5.74, 6) is 0. The van der Waals surface area contributed by atoms with Crippen LogP contribution in [0, 0.1) is 11.3 Å². The van der Waals surface area contributed by atoms with Gasteiger partial charge in [-0.15, -0.1) is 0 Å². The number of carbonyl (C=O) groups is 1. The largest absolute Gasteiger partial charge is 0.447 e. The monoisotopic (exact) mass is 291 g/mol. The van der Waals surface area contributed by atoms with Crippen molar-refractivity contribution >= 4 is 11.8 Å². The molecular weight excluding hydrogens is 273 g/mol. The molecule has 1 saturated heterocycles. The molecule has 1 aliphatic heterocycles. The molecule has 0 aliphatic carbocycles. The Kier molecular flexibility index (Phi) is 5.38. The highest BCUT2D eigenvalue weighted by Gasteiger charge is 2.23. The lowest BCUT2D eigenvalue weighted by molar-refractivity contribution is 0.0885. The first kappa shape index (κ1) is 15.1. The van der Waals surface area contributed by atoms with Crippen LogP contribution in [0.4, 0.5) is 14.9 Å². The molecule has 1 N–H and O–H groups in total. The molecule has 0 unspecified atom stereocenters. The molecule has 1 aliphatic rings. The van der Waals surface area contributed by atoms with E-state index in [0.29, 0.717) is 18.7 Å². The van der Waals surface area contributed by atoms with Crippen LogP contribution < -0.4 is 5.32 Å². The van der Waals surface area contributed by atoms with E-state index in [-0.39, 0.29) is 12.6 Å². The summed E-state index contributed by atoms with van der Waals surface area (Å²) in [6, 6.07) is 9.72. The second-order valence-electron chi connectivity index (χ2n) is 4.87. The second kappa shape index (κ2) is 7.48. The van der Waals surface area contributed by atoms with Gasteiger partial charge in [0, 0.05) is 19.1 Å². The Bertz CT molecular complexity index is 522.